The Bertz CT molecular complexity index is 178. The van der Waals surface area contributed by atoms with Crippen LogP contribution in [0.25, 0.3) is 0 Å². The van der Waals surface area contributed by atoms with Crippen LogP contribution in [0.2, 0.25) is 0 Å². The lowest BCUT2D eigenvalue weighted by Gasteiger charge is -2.32. The highest BCUT2D eigenvalue weighted by Crippen LogP contribution is 2.37. The van der Waals surface area contributed by atoms with Gasteiger partial charge in [0, 0.05) is 0 Å². The van der Waals surface area contributed by atoms with Crippen molar-refractivity contribution < 1.29 is 0 Å². The molecule has 2 aliphatic rings. The summed E-state index contributed by atoms with van der Waals surface area (Å²) >= 11 is 0. The van der Waals surface area contributed by atoms with Crippen molar-refractivity contribution in [3.63, 3.8) is 0 Å². The Hall–Kier alpha value is 0. The van der Waals surface area contributed by atoms with Crippen molar-refractivity contribution >= 4 is 0 Å². The highest BCUT2D eigenvalue weighted by atomic mass is 14.3. The molecule has 0 aromatic carbocycles. The SMILES string of the molecule is CCC1CCCCC1CCC1CCCCC1. The molecule has 0 heterocycles. The van der Waals surface area contributed by atoms with Gasteiger partial charge in [-0.05, 0) is 24.2 Å². The molecule has 0 aromatic heterocycles. The summed E-state index contributed by atoms with van der Waals surface area (Å²) in [5.41, 5.74) is 0. The van der Waals surface area contributed by atoms with E-state index >= 15 is 0 Å². The Morgan fingerprint density at radius 1 is 0.688 bits per heavy atom. The summed E-state index contributed by atoms with van der Waals surface area (Å²) in [4.78, 5) is 0. The first-order valence-corrected chi connectivity index (χ1v) is 7.90. The topological polar surface area (TPSA) is 0 Å². The van der Waals surface area contributed by atoms with Crippen molar-refractivity contribution in [1.82, 2.24) is 0 Å². The maximum Gasteiger partial charge on any atom is -0.0386 e. The van der Waals surface area contributed by atoms with E-state index in [-0.39, 0.29) is 0 Å². The molecule has 0 radical (unpaired) electrons. The summed E-state index contributed by atoms with van der Waals surface area (Å²) in [6, 6.07) is 0. The molecule has 0 spiro atoms. The standard InChI is InChI=1S/C16H30/c1-2-15-10-6-7-11-16(15)13-12-14-8-4-3-5-9-14/h14-16H,2-13H2,1H3. The predicted octanol–water partition coefficient (Wildman–Crippen LogP) is 5.56. The summed E-state index contributed by atoms with van der Waals surface area (Å²) in [6.45, 7) is 2.41. The molecule has 2 atom stereocenters. The van der Waals surface area contributed by atoms with Gasteiger partial charge in [0.2, 0.25) is 0 Å². The van der Waals surface area contributed by atoms with E-state index in [4.69, 9.17) is 0 Å². The molecule has 0 nitrogen and oxygen atoms in total. The zero-order valence-electron chi connectivity index (χ0n) is 11.2. The van der Waals surface area contributed by atoms with Gasteiger partial charge in [-0.25, -0.2) is 0 Å². The van der Waals surface area contributed by atoms with Gasteiger partial charge < -0.3 is 0 Å². The van der Waals surface area contributed by atoms with Crippen LogP contribution in [0, 0.1) is 17.8 Å². The normalized spacial score (nSPS) is 32.8. The molecule has 0 aromatic rings. The molecule has 0 aliphatic heterocycles. The lowest BCUT2D eigenvalue weighted by Crippen LogP contribution is -2.20. The van der Waals surface area contributed by atoms with E-state index in [9.17, 15) is 0 Å². The molecule has 0 bridgehead atoms. The number of hydrogen-bond acceptors (Lipinski definition) is 0. The van der Waals surface area contributed by atoms with Crippen LogP contribution in [0.15, 0.2) is 0 Å². The highest BCUT2D eigenvalue weighted by molar-refractivity contribution is 4.76. The molecule has 0 heteroatoms. The van der Waals surface area contributed by atoms with Crippen molar-refractivity contribution in [1.29, 1.82) is 0 Å². The van der Waals surface area contributed by atoms with Crippen molar-refractivity contribution in [3.8, 4) is 0 Å². The minimum absolute atomic E-state index is 1.08. The third-order valence-electron chi connectivity index (χ3n) is 5.26. The van der Waals surface area contributed by atoms with Crippen molar-refractivity contribution in [2.75, 3.05) is 0 Å². The van der Waals surface area contributed by atoms with Crippen molar-refractivity contribution in [3.05, 3.63) is 0 Å². The quantitative estimate of drug-likeness (QED) is 0.584. The van der Waals surface area contributed by atoms with E-state index in [1.165, 1.54) is 44.9 Å². The zero-order valence-corrected chi connectivity index (χ0v) is 11.2. The van der Waals surface area contributed by atoms with Gasteiger partial charge >= 0.3 is 0 Å². The molecular formula is C16H30. The lowest BCUT2D eigenvalue weighted by molar-refractivity contribution is 0.195. The Labute approximate surface area is 102 Å². The van der Waals surface area contributed by atoms with Crippen LogP contribution in [-0.4, -0.2) is 0 Å². The van der Waals surface area contributed by atoms with E-state index in [2.05, 4.69) is 6.92 Å². The van der Waals surface area contributed by atoms with Gasteiger partial charge in [-0.15, -0.1) is 0 Å². The summed E-state index contributed by atoms with van der Waals surface area (Å²) < 4.78 is 0. The van der Waals surface area contributed by atoms with Gasteiger partial charge in [-0.3, -0.25) is 0 Å². The molecule has 2 rings (SSSR count). The van der Waals surface area contributed by atoms with Gasteiger partial charge in [0.25, 0.3) is 0 Å². The Morgan fingerprint density at radius 2 is 1.31 bits per heavy atom. The largest absolute Gasteiger partial charge is 0.0651 e. The Balaban J connectivity index is 1.70. The van der Waals surface area contributed by atoms with Crippen LogP contribution in [-0.2, 0) is 0 Å². The lowest BCUT2D eigenvalue weighted by atomic mass is 9.73. The fourth-order valence-corrected chi connectivity index (χ4v) is 4.13. The molecular weight excluding hydrogens is 192 g/mol. The minimum Gasteiger partial charge on any atom is -0.0651 e. The molecule has 0 saturated heterocycles. The second-order valence-corrected chi connectivity index (χ2v) is 6.29. The van der Waals surface area contributed by atoms with Gasteiger partial charge in [0.1, 0.15) is 0 Å². The Morgan fingerprint density at radius 3 is 2.00 bits per heavy atom. The van der Waals surface area contributed by atoms with Crippen LogP contribution < -0.4 is 0 Å². The molecule has 94 valence electrons. The summed E-state index contributed by atoms with van der Waals surface area (Å²) in [5.74, 6) is 3.28. The zero-order chi connectivity index (χ0) is 11.2. The van der Waals surface area contributed by atoms with Crippen LogP contribution >= 0.6 is 0 Å². The van der Waals surface area contributed by atoms with E-state index in [1.54, 1.807) is 32.1 Å². The van der Waals surface area contributed by atoms with Crippen LogP contribution in [0.1, 0.15) is 84.0 Å². The summed E-state index contributed by atoms with van der Waals surface area (Å²) in [7, 11) is 0. The van der Waals surface area contributed by atoms with Gasteiger partial charge in [0.15, 0.2) is 0 Å². The summed E-state index contributed by atoms with van der Waals surface area (Å²) in [6.07, 6.45) is 18.3. The maximum atomic E-state index is 2.41. The first-order chi connectivity index (χ1) is 7.90. The first kappa shape index (κ1) is 12.5. The molecule has 2 unspecified atom stereocenters. The van der Waals surface area contributed by atoms with E-state index in [1.807, 2.05) is 0 Å². The smallest absolute Gasteiger partial charge is 0.0386 e. The van der Waals surface area contributed by atoms with Crippen molar-refractivity contribution in [2.24, 2.45) is 17.8 Å². The highest BCUT2D eigenvalue weighted by Gasteiger charge is 2.24. The molecule has 0 N–H and O–H groups in total. The maximum absolute atomic E-state index is 2.41. The van der Waals surface area contributed by atoms with Crippen LogP contribution in [0.4, 0.5) is 0 Å². The molecule has 2 fully saturated rings. The molecule has 16 heavy (non-hydrogen) atoms. The third kappa shape index (κ3) is 3.50. The minimum atomic E-state index is 1.08. The second-order valence-electron chi connectivity index (χ2n) is 6.29. The molecule has 2 aliphatic carbocycles. The average molecular weight is 222 g/mol. The summed E-state index contributed by atoms with van der Waals surface area (Å²) in [5, 5.41) is 0. The van der Waals surface area contributed by atoms with Crippen LogP contribution in [0.5, 0.6) is 0 Å². The fraction of sp³-hybridized carbons (Fsp3) is 1.00. The monoisotopic (exact) mass is 222 g/mol. The molecule has 0 amide bonds. The van der Waals surface area contributed by atoms with Crippen molar-refractivity contribution in [2.45, 2.75) is 84.0 Å². The molecule has 2 saturated carbocycles. The Kier molecular flexibility index (Phi) is 5.19. The first-order valence-electron chi connectivity index (χ1n) is 7.90. The number of rotatable bonds is 4. The van der Waals surface area contributed by atoms with E-state index in [0.29, 0.717) is 0 Å². The van der Waals surface area contributed by atoms with Gasteiger partial charge in [0.05, 0.1) is 0 Å². The number of hydrogen-bond donors (Lipinski definition) is 0. The van der Waals surface area contributed by atoms with E-state index < -0.39 is 0 Å². The van der Waals surface area contributed by atoms with Gasteiger partial charge in [-0.1, -0.05) is 77.6 Å². The second kappa shape index (κ2) is 6.67. The third-order valence-corrected chi connectivity index (χ3v) is 5.26. The van der Waals surface area contributed by atoms with E-state index in [0.717, 1.165) is 17.8 Å². The average Bonchev–Trinajstić information content (AvgIpc) is 2.38. The van der Waals surface area contributed by atoms with Crippen LogP contribution in [0.3, 0.4) is 0 Å². The fourth-order valence-electron chi connectivity index (χ4n) is 4.13. The predicted molar refractivity (Wildman–Crippen MR) is 71.5 cm³/mol. The van der Waals surface area contributed by atoms with Gasteiger partial charge in [-0.2, -0.15) is 0 Å².